The lowest BCUT2D eigenvalue weighted by Gasteiger charge is -2.12. The number of ketones is 1. The van der Waals surface area contributed by atoms with Gasteiger partial charge in [-0.05, 0) is 37.6 Å². The number of carbonyl (C=O) groups excluding carboxylic acids is 2. The normalized spacial score (nSPS) is 10.6. The molecule has 0 unspecified atom stereocenters. The summed E-state index contributed by atoms with van der Waals surface area (Å²) >= 11 is 0. The second-order valence-corrected chi connectivity index (χ2v) is 6.19. The number of carbonyl (C=O) groups is 2. The van der Waals surface area contributed by atoms with E-state index in [2.05, 4.69) is 4.98 Å². The summed E-state index contributed by atoms with van der Waals surface area (Å²) in [6.07, 6.45) is 2.50. The third-order valence-electron chi connectivity index (χ3n) is 4.16. The van der Waals surface area contributed by atoms with Crippen molar-refractivity contribution >= 4 is 22.7 Å². The molecule has 0 amide bonds. The van der Waals surface area contributed by atoms with E-state index in [1.54, 1.807) is 24.4 Å². The number of benzene rings is 2. The first-order valence-electron chi connectivity index (χ1n) is 9.30. The molecule has 28 heavy (non-hydrogen) atoms. The maximum Gasteiger partial charge on any atom is 0.338 e. The number of aromatic nitrogens is 1. The van der Waals surface area contributed by atoms with Crippen molar-refractivity contribution in [2.75, 3.05) is 19.8 Å². The Kier molecular flexibility index (Phi) is 6.32. The van der Waals surface area contributed by atoms with Crippen LogP contribution < -0.4 is 9.47 Å². The van der Waals surface area contributed by atoms with Crippen LogP contribution in [0.5, 0.6) is 11.5 Å². The van der Waals surface area contributed by atoms with E-state index < -0.39 is 5.97 Å². The van der Waals surface area contributed by atoms with Gasteiger partial charge in [0.05, 0.1) is 18.8 Å². The number of rotatable bonds is 9. The average Bonchev–Trinajstić information content (AvgIpc) is 3.15. The number of hydrogen-bond donors (Lipinski definition) is 1. The van der Waals surface area contributed by atoms with Crippen LogP contribution in [0.1, 0.15) is 41.0 Å². The summed E-state index contributed by atoms with van der Waals surface area (Å²) in [4.78, 5) is 27.9. The van der Waals surface area contributed by atoms with Gasteiger partial charge < -0.3 is 19.2 Å². The monoisotopic (exact) mass is 381 g/mol. The van der Waals surface area contributed by atoms with Crippen molar-refractivity contribution in [2.45, 2.75) is 20.3 Å². The lowest BCUT2D eigenvalue weighted by molar-refractivity contribution is 0.0474. The van der Waals surface area contributed by atoms with Crippen LogP contribution in [0.15, 0.2) is 48.7 Å². The highest BCUT2D eigenvalue weighted by molar-refractivity contribution is 6.09. The van der Waals surface area contributed by atoms with Crippen LogP contribution in [0.25, 0.3) is 10.9 Å². The van der Waals surface area contributed by atoms with Gasteiger partial charge in [-0.3, -0.25) is 4.79 Å². The van der Waals surface area contributed by atoms with Gasteiger partial charge >= 0.3 is 5.97 Å². The first-order valence-corrected chi connectivity index (χ1v) is 9.30. The van der Waals surface area contributed by atoms with Crippen molar-refractivity contribution in [1.29, 1.82) is 0 Å². The predicted molar refractivity (Wildman–Crippen MR) is 106 cm³/mol. The third kappa shape index (κ3) is 4.34. The molecule has 1 N–H and O–H groups in total. The number of para-hydroxylation sites is 1. The molecule has 3 aromatic rings. The Labute approximate surface area is 163 Å². The lowest BCUT2D eigenvalue weighted by atomic mass is 10.1. The molecule has 1 heterocycles. The Morgan fingerprint density at radius 2 is 1.82 bits per heavy atom. The number of Topliss-reactive ketones (excluding diaryl/α,β-unsaturated/α-hetero) is 1. The molecule has 0 aliphatic heterocycles. The molecular weight excluding hydrogens is 358 g/mol. The van der Waals surface area contributed by atoms with E-state index in [1.165, 1.54) is 0 Å². The zero-order valence-electron chi connectivity index (χ0n) is 16.0. The summed E-state index contributed by atoms with van der Waals surface area (Å²) < 4.78 is 16.4. The molecule has 6 heteroatoms. The molecule has 0 aliphatic carbocycles. The minimum atomic E-state index is -0.587. The van der Waals surface area contributed by atoms with Gasteiger partial charge in [0.2, 0.25) is 5.78 Å². The Morgan fingerprint density at radius 1 is 1.00 bits per heavy atom. The van der Waals surface area contributed by atoms with Gasteiger partial charge in [-0.2, -0.15) is 0 Å². The molecular formula is C22H23NO5. The maximum atomic E-state index is 12.5. The third-order valence-corrected chi connectivity index (χ3v) is 4.16. The van der Waals surface area contributed by atoms with E-state index in [4.69, 9.17) is 14.2 Å². The van der Waals surface area contributed by atoms with Crippen molar-refractivity contribution in [3.05, 3.63) is 59.8 Å². The summed E-state index contributed by atoms with van der Waals surface area (Å²) in [6.45, 7) is 4.53. The molecule has 0 aliphatic rings. The van der Waals surface area contributed by atoms with Crippen LogP contribution in [0.2, 0.25) is 0 Å². The molecule has 0 fully saturated rings. The number of H-pyrrole nitrogens is 1. The zero-order chi connectivity index (χ0) is 19.9. The van der Waals surface area contributed by atoms with Crippen molar-refractivity contribution in [1.82, 2.24) is 4.98 Å². The SMILES string of the molecule is CCCOc1ccc(C(=O)OCC(=O)c2c[nH]c3ccccc23)cc1OCC. The maximum absolute atomic E-state index is 12.5. The second-order valence-electron chi connectivity index (χ2n) is 6.19. The number of ether oxygens (including phenoxy) is 3. The summed E-state index contributed by atoms with van der Waals surface area (Å²) in [5, 5.41) is 0.805. The largest absolute Gasteiger partial charge is 0.490 e. The number of nitrogens with one attached hydrogen (secondary N) is 1. The number of aromatic amines is 1. The van der Waals surface area contributed by atoms with Crippen molar-refractivity contribution in [3.63, 3.8) is 0 Å². The van der Waals surface area contributed by atoms with E-state index in [0.29, 0.717) is 35.8 Å². The molecule has 0 spiro atoms. The first kappa shape index (κ1) is 19.5. The minimum Gasteiger partial charge on any atom is -0.490 e. The molecule has 2 aromatic carbocycles. The quantitative estimate of drug-likeness (QED) is 0.439. The topological polar surface area (TPSA) is 77.6 Å². The van der Waals surface area contributed by atoms with Gasteiger partial charge in [0, 0.05) is 22.7 Å². The van der Waals surface area contributed by atoms with Gasteiger partial charge in [-0.1, -0.05) is 25.1 Å². The van der Waals surface area contributed by atoms with Crippen molar-refractivity contribution in [2.24, 2.45) is 0 Å². The molecule has 0 saturated heterocycles. The molecule has 1 aromatic heterocycles. The fourth-order valence-electron chi connectivity index (χ4n) is 2.83. The first-order chi connectivity index (χ1) is 13.6. The van der Waals surface area contributed by atoms with E-state index in [0.717, 1.165) is 17.3 Å². The number of esters is 1. The molecule has 3 rings (SSSR count). The molecule has 0 saturated carbocycles. The zero-order valence-corrected chi connectivity index (χ0v) is 16.0. The number of hydrogen-bond acceptors (Lipinski definition) is 5. The van der Waals surface area contributed by atoms with Crippen LogP contribution in [-0.4, -0.2) is 36.6 Å². The van der Waals surface area contributed by atoms with E-state index in [1.807, 2.05) is 38.1 Å². The van der Waals surface area contributed by atoms with Gasteiger partial charge in [-0.15, -0.1) is 0 Å². The fraction of sp³-hybridized carbons (Fsp3) is 0.273. The second kappa shape index (κ2) is 9.08. The Balaban J connectivity index is 1.68. The lowest BCUT2D eigenvalue weighted by Crippen LogP contribution is -2.14. The van der Waals surface area contributed by atoms with Gasteiger partial charge in [0.25, 0.3) is 0 Å². The molecule has 0 radical (unpaired) electrons. The van der Waals surface area contributed by atoms with Crippen molar-refractivity contribution in [3.8, 4) is 11.5 Å². The number of fused-ring (bicyclic) bond motifs is 1. The van der Waals surface area contributed by atoms with Gasteiger partial charge in [0.15, 0.2) is 18.1 Å². The Bertz CT molecular complexity index is 976. The molecule has 146 valence electrons. The standard InChI is InChI=1S/C22H23NO5/c1-3-11-27-20-10-9-15(12-21(20)26-4-2)22(25)28-14-19(24)17-13-23-18-8-6-5-7-16(17)18/h5-10,12-13,23H,3-4,11,14H2,1-2H3. The van der Waals surface area contributed by atoms with E-state index in [9.17, 15) is 9.59 Å². The highest BCUT2D eigenvalue weighted by Gasteiger charge is 2.17. The minimum absolute atomic E-state index is 0.265. The van der Waals surface area contributed by atoms with Gasteiger partial charge in [0.1, 0.15) is 0 Å². The predicted octanol–water partition coefficient (Wildman–Crippen LogP) is 4.40. The smallest absolute Gasteiger partial charge is 0.338 e. The molecule has 0 bridgehead atoms. The van der Waals surface area contributed by atoms with Crippen LogP contribution in [0.4, 0.5) is 0 Å². The van der Waals surface area contributed by atoms with Crippen LogP contribution in [-0.2, 0) is 4.74 Å². The summed E-state index contributed by atoms with van der Waals surface area (Å²) in [7, 11) is 0. The highest BCUT2D eigenvalue weighted by atomic mass is 16.5. The van der Waals surface area contributed by atoms with Crippen LogP contribution in [0, 0.1) is 0 Å². The van der Waals surface area contributed by atoms with Crippen LogP contribution >= 0.6 is 0 Å². The summed E-state index contributed by atoms with van der Waals surface area (Å²) in [6, 6.07) is 12.3. The van der Waals surface area contributed by atoms with E-state index in [-0.39, 0.29) is 12.4 Å². The van der Waals surface area contributed by atoms with Crippen molar-refractivity contribution < 1.29 is 23.8 Å². The highest BCUT2D eigenvalue weighted by Crippen LogP contribution is 2.29. The molecule has 6 nitrogen and oxygen atoms in total. The van der Waals surface area contributed by atoms with E-state index >= 15 is 0 Å². The molecule has 0 atom stereocenters. The Hall–Kier alpha value is -3.28. The summed E-state index contributed by atoms with van der Waals surface area (Å²) in [5.41, 5.74) is 1.67. The Morgan fingerprint density at radius 3 is 2.61 bits per heavy atom. The fourth-order valence-corrected chi connectivity index (χ4v) is 2.83. The summed E-state index contributed by atoms with van der Waals surface area (Å²) in [5.74, 6) is 0.207. The van der Waals surface area contributed by atoms with Gasteiger partial charge in [-0.25, -0.2) is 4.79 Å². The average molecular weight is 381 g/mol. The van der Waals surface area contributed by atoms with Crippen LogP contribution in [0.3, 0.4) is 0 Å².